The number of carbonyl (C=O) groups excluding carboxylic acids is 2. The van der Waals surface area contributed by atoms with Crippen LogP contribution in [0.2, 0.25) is 5.02 Å². The minimum absolute atomic E-state index is 0.111. The smallest absolute Gasteiger partial charge is 0.350 e. The number of benzene rings is 1. The molecule has 1 amide bonds. The number of halogens is 1. The first kappa shape index (κ1) is 21.6. The van der Waals surface area contributed by atoms with E-state index in [4.69, 9.17) is 27.5 Å². The van der Waals surface area contributed by atoms with Gasteiger partial charge < -0.3 is 9.47 Å². The lowest BCUT2D eigenvalue weighted by Crippen LogP contribution is -2.21. The number of ether oxygens (including phenoxy) is 2. The van der Waals surface area contributed by atoms with E-state index in [1.165, 1.54) is 5.01 Å². The van der Waals surface area contributed by atoms with Gasteiger partial charge in [-0.15, -0.1) is 6.42 Å². The topological polar surface area (TPSA) is 81.1 Å². The van der Waals surface area contributed by atoms with Crippen LogP contribution in [-0.2, 0) is 9.53 Å². The first-order valence-electron chi connectivity index (χ1n) is 8.97. The Balaban J connectivity index is 1.86. The van der Waals surface area contributed by atoms with Crippen molar-refractivity contribution in [3.63, 3.8) is 0 Å². The minimum Gasteiger partial charge on any atom is -0.479 e. The fourth-order valence-electron chi connectivity index (χ4n) is 2.68. The van der Waals surface area contributed by atoms with Crippen molar-refractivity contribution in [2.75, 3.05) is 18.2 Å². The van der Waals surface area contributed by atoms with Crippen LogP contribution < -0.4 is 9.75 Å². The van der Waals surface area contributed by atoms with Crippen molar-refractivity contribution in [2.24, 2.45) is 5.10 Å². The maximum absolute atomic E-state index is 12.9. The van der Waals surface area contributed by atoms with Crippen LogP contribution in [-0.4, -0.2) is 35.8 Å². The molecule has 0 spiro atoms. The molecule has 0 fully saturated rings. The molecular formula is C21H18ClN3O4S. The highest BCUT2D eigenvalue weighted by atomic mass is 35.5. The Kier molecular flexibility index (Phi) is 6.55. The van der Waals surface area contributed by atoms with E-state index in [9.17, 15) is 9.59 Å². The van der Waals surface area contributed by atoms with E-state index in [2.05, 4.69) is 16.0 Å². The van der Waals surface area contributed by atoms with Crippen LogP contribution in [0, 0.1) is 19.3 Å². The van der Waals surface area contributed by atoms with Gasteiger partial charge in [0.1, 0.15) is 17.2 Å². The summed E-state index contributed by atoms with van der Waals surface area (Å²) in [5.41, 5.74) is 2.11. The summed E-state index contributed by atoms with van der Waals surface area (Å²) in [6.45, 7) is 5.51. The number of carbonyl (C=O) groups is 2. The van der Waals surface area contributed by atoms with Crippen molar-refractivity contribution in [3.05, 3.63) is 44.9 Å². The van der Waals surface area contributed by atoms with E-state index in [1.807, 2.05) is 0 Å². The second-order valence-corrected chi connectivity index (χ2v) is 7.56. The van der Waals surface area contributed by atoms with Crippen LogP contribution in [0.3, 0.4) is 0 Å². The number of hydrogen-bond acceptors (Lipinski definition) is 7. The van der Waals surface area contributed by atoms with Crippen LogP contribution in [0.25, 0.3) is 6.08 Å². The lowest BCUT2D eigenvalue weighted by atomic mass is 10.1. The molecule has 7 nitrogen and oxygen atoms in total. The number of esters is 1. The van der Waals surface area contributed by atoms with Crippen LogP contribution in [0.15, 0.2) is 28.9 Å². The summed E-state index contributed by atoms with van der Waals surface area (Å²) in [5, 5.41) is 6.18. The van der Waals surface area contributed by atoms with Gasteiger partial charge in [-0.3, -0.25) is 4.79 Å². The number of nitrogens with zero attached hydrogens (tertiary/aromatic N) is 3. The molecule has 9 heteroatoms. The van der Waals surface area contributed by atoms with Gasteiger partial charge in [0.05, 0.1) is 28.6 Å². The molecule has 0 saturated heterocycles. The monoisotopic (exact) mass is 443 g/mol. The van der Waals surface area contributed by atoms with E-state index in [0.717, 1.165) is 11.3 Å². The number of anilines is 1. The Morgan fingerprint density at radius 2 is 2.17 bits per heavy atom. The maximum Gasteiger partial charge on any atom is 0.350 e. The van der Waals surface area contributed by atoms with Gasteiger partial charge in [-0.05, 0) is 44.5 Å². The van der Waals surface area contributed by atoms with Crippen molar-refractivity contribution in [2.45, 2.75) is 20.8 Å². The fraction of sp³-hybridized carbons (Fsp3) is 0.238. The average Bonchev–Trinajstić information content (AvgIpc) is 3.22. The molecule has 0 saturated carbocycles. The van der Waals surface area contributed by atoms with Crippen molar-refractivity contribution in [3.8, 4) is 18.1 Å². The molecule has 154 valence electrons. The van der Waals surface area contributed by atoms with Crippen LogP contribution in [0.4, 0.5) is 5.13 Å². The summed E-state index contributed by atoms with van der Waals surface area (Å²) in [7, 11) is 0. The molecule has 3 rings (SSSR count). The summed E-state index contributed by atoms with van der Waals surface area (Å²) >= 11 is 7.29. The Morgan fingerprint density at radius 3 is 2.83 bits per heavy atom. The van der Waals surface area contributed by atoms with Crippen molar-refractivity contribution in [1.29, 1.82) is 0 Å². The number of hydrogen-bond donors (Lipinski definition) is 0. The van der Waals surface area contributed by atoms with Crippen LogP contribution >= 0.6 is 22.9 Å². The van der Waals surface area contributed by atoms with Gasteiger partial charge >= 0.3 is 5.97 Å². The van der Waals surface area contributed by atoms with Gasteiger partial charge in [0.15, 0.2) is 0 Å². The third-order valence-electron chi connectivity index (χ3n) is 4.07. The molecule has 0 bridgehead atoms. The second-order valence-electron chi connectivity index (χ2n) is 6.17. The van der Waals surface area contributed by atoms with E-state index >= 15 is 0 Å². The summed E-state index contributed by atoms with van der Waals surface area (Å²) < 4.78 is 10.4. The number of thiazole rings is 1. The highest BCUT2D eigenvalue weighted by molar-refractivity contribution is 7.17. The third kappa shape index (κ3) is 4.37. The Labute approximate surface area is 183 Å². The maximum atomic E-state index is 12.9. The first-order chi connectivity index (χ1) is 14.3. The lowest BCUT2D eigenvalue weighted by Gasteiger charge is -2.07. The zero-order valence-electron chi connectivity index (χ0n) is 16.6. The molecule has 1 aromatic carbocycles. The Bertz CT molecular complexity index is 1110. The fourth-order valence-corrected chi connectivity index (χ4v) is 3.84. The number of aryl methyl sites for hydroxylation is 1. The number of rotatable bonds is 6. The Hall–Kier alpha value is -3.15. The van der Waals surface area contributed by atoms with Gasteiger partial charge in [-0.1, -0.05) is 34.9 Å². The van der Waals surface area contributed by atoms with Crippen molar-refractivity contribution in [1.82, 2.24) is 4.98 Å². The number of hydrazone groups is 1. The summed E-state index contributed by atoms with van der Waals surface area (Å²) in [6.07, 6.45) is 6.87. The number of aromatic nitrogens is 1. The van der Waals surface area contributed by atoms with Gasteiger partial charge in [0.2, 0.25) is 5.13 Å². The van der Waals surface area contributed by atoms with Gasteiger partial charge in [0, 0.05) is 0 Å². The zero-order valence-corrected chi connectivity index (χ0v) is 18.1. The molecule has 1 aliphatic heterocycles. The summed E-state index contributed by atoms with van der Waals surface area (Å²) in [6, 6.07) is 5.13. The largest absolute Gasteiger partial charge is 0.479 e. The van der Waals surface area contributed by atoms with Gasteiger partial charge in [-0.25, -0.2) is 9.78 Å². The zero-order chi connectivity index (χ0) is 21.8. The lowest BCUT2D eigenvalue weighted by molar-refractivity contribution is -0.114. The van der Waals surface area contributed by atoms with Crippen molar-refractivity contribution >= 4 is 51.7 Å². The molecule has 2 heterocycles. The Morgan fingerprint density at radius 1 is 1.40 bits per heavy atom. The molecule has 1 aromatic heterocycles. The molecule has 0 unspecified atom stereocenters. The number of terminal acetylenes is 1. The quantitative estimate of drug-likeness (QED) is 0.381. The standard InChI is InChI=1S/C21H18ClN3O4S/c1-5-9-29-17-8-7-14(11-16(17)22)10-15-12(3)24-25(19(15)26)21-23-13(4)18(30-21)20(27)28-6-2/h1,7-8,10-11H,6,9H2,2-4H3/b15-10+. The van der Waals surface area contributed by atoms with Crippen LogP contribution in [0.1, 0.15) is 34.8 Å². The van der Waals surface area contributed by atoms with Gasteiger partial charge in [0.25, 0.3) is 5.91 Å². The molecule has 0 atom stereocenters. The van der Waals surface area contributed by atoms with Gasteiger partial charge in [-0.2, -0.15) is 10.1 Å². The third-order valence-corrected chi connectivity index (χ3v) is 5.48. The summed E-state index contributed by atoms with van der Waals surface area (Å²) in [4.78, 5) is 29.6. The molecule has 0 aliphatic carbocycles. The molecule has 30 heavy (non-hydrogen) atoms. The van der Waals surface area contributed by atoms with E-state index in [-0.39, 0.29) is 19.1 Å². The van der Waals surface area contributed by atoms with E-state index in [0.29, 0.717) is 43.3 Å². The highest BCUT2D eigenvalue weighted by Gasteiger charge is 2.32. The van der Waals surface area contributed by atoms with E-state index in [1.54, 1.807) is 45.0 Å². The van der Waals surface area contributed by atoms with E-state index < -0.39 is 5.97 Å². The molecular weight excluding hydrogens is 426 g/mol. The number of amides is 1. The second kappa shape index (κ2) is 9.11. The SMILES string of the molecule is C#CCOc1ccc(/C=C2/C(=O)N(c3nc(C)c(C(=O)OCC)s3)N=C2C)cc1Cl. The van der Waals surface area contributed by atoms with Crippen molar-refractivity contribution < 1.29 is 19.1 Å². The predicted octanol–water partition coefficient (Wildman–Crippen LogP) is 4.10. The normalized spacial score (nSPS) is 14.6. The predicted molar refractivity (Wildman–Crippen MR) is 117 cm³/mol. The molecule has 0 N–H and O–H groups in total. The molecule has 0 radical (unpaired) electrons. The average molecular weight is 444 g/mol. The highest BCUT2D eigenvalue weighted by Crippen LogP contribution is 2.32. The molecule has 2 aromatic rings. The first-order valence-corrected chi connectivity index (χ1v) is 10.2. The minimum atomic E-state index is -0.469. The van der Waals surface area contributed by atoms with Crippen LogP contribution in [0.5, 0.6) is 5.75 Å². The molecule has 1 aliphatic rings. The summed E-state index contributed by atoms with van der Waals surface area (Å²) in [5.74, 6) is 2.02.